The van der Waals surface area contributed by atoms with Crippen LogP contribution in [0.15, 0.2) is 4.99 Å². The van der Waals surface area contributed by atoms with Crippen LogP contribution in [0.4, 0.5) is 0 Å². The Bertz CT molecular complexity index is 466. The Morgan fingerprint density at radius 3 is 2.71 bits per heavy atom. The van der Waals surface area contributed by atoms with Crippen LogP contribution in [0.3, 0.4) is 0 Å². The molecule has 0 bridgehead atoms. The molecule has 1 heterocycles. The zero-order valence-electron chi connectivity index (χ0n) is 13.2. The number of esters is 1. The van der Waals surface area contributed by atoms with E-state index in [1.165, 1.54) is 12.0 Å². The van der Waals surface area contributed by atoms with Crippen LogP contribution >= 0.6 is 11.3 Å². The molecule has 0 unspecified atom stereocenters. The number of guanidine groups is 1. The van der Waals surface area contributed by atoms with E-state index in [4.69, 9.17) is 0 Å². The monoisotopic (exact) mass is 312 g/mol. The zero-order chi connectivity index (χ0) is 15.7. The number of aryl methyl sites for hydroxylation is 2. The summed E-state index contributed by atoms with van der Waals surface area (Å²) in [5.41, 5.74) is 1.10. The molecule has 21 heavy (non-hydrogen) atoms. The van der Waals surface area contributed by atoms with Gasteiger partial charge in [-0.1, -0.05) is 0 Å². The molecule has 0 radical (unpaired) electrons. The number of nitrogens with zero attached hydrogens (tertiary/aromatic N) is 2. The molecule has 0 saturated heterocycles. The van der Waals surface area contributed by atoms with Crippen LogP contribution in [0.5, 0.6) is 0 Å². The SMILES string of the molecule is CCNC(=NCCc1nc(C)c(C)s1)NCCC(=O)OC. The van der Waals surface area contributed by atoms with Crippen LogP contribution in [0.25, 0.3) is 0 Å². The van der Waals surface area contributed by atoms with Crippen molar-refractivity contribution < 1.29 is 9.53 Å². The summed E-state index contributed by atoms with van der Waals surface area (Å²) >= 11 is 1.72. The Kier molecular flexibility index (Phi) is 7.74. The van der Waals surface area contributed by atoms with Gasteiger partial charge in [0, 0.05) is 30.9 Å². The Morgan fingerprint density at radius 2 is 2.14 bits per heavy atom. The number of methoxy groups -OCH3 is 1. The van der Waals surface area contributed by atoms with Gasteiger partial charge >= 0.3 is 5.97 Å². The van der Waals surface area contributed by atoms with Crippen LogP contribution in [-0.4, -0.2) is 43.7 Å². The zero-order valence-corrected chi connectivity index (χ0v) is 14.0. The van der Waals surface area contributed by atoms with Gasteiger partial charge in [0.25, 0.3) is 0 Å². The molecule has 2 N–H and O–H groups in total. The maximum atomic E-state index is 11.1. The van der Waals surface area contributed by atoms with E-state index in [-0.39, 0.29) is 5.97 Å². The quantitative estimate of drug-likeness (QED) is 0.452. The molecule has 0 atom stereocenters. The third-order valence-corrected chi connectivity index (χ3v) is 3.99. The summed E-state index contributed by atoms with van der Waals surface area (Å²) in [6, 6.07) is 0. The number of aromatic nitrogens is 1. The summed E-state index contributed by atoms with van der Waals surface area (Å²) in [6.07, 6.45) is 1.15. The van der Waals surface area contributed by atoms with Crippen molar-refractivity contribution >= 4 is 23.3 Å². The number of hydrogen-bond donors (Lipinski definition) is 2. The normalized spacial score (nSPS) is 11.3. The number of nitrogens with one attached hydrogen (secondary N) is 2. The van der Waals surface area contributed by atoms with Gasteiger partial charge in [0.15, 0.2) is 5.96 Å². The summed E-state index contributed by atoms with van der Waals surface area (Å²) in [6.45, 7) is 8.06. The first-order chi connectivity index (χ1) is 10.1. The molecule has 0 aliphatic heterocycles. The molecule has 0 aliphatic carbocycles. The van der Waals surface area contributed by atoms with Crippen molar-refractivity contribution in [3.63, 3.8) is 0 Å². The Labute approximate surface area is 130 Å². The minimum Gasteiger partial charge on any atom is -0.469 e. The molecule has 0 aromatic carbocycles. The lowest BCUT2D eigenvalue weighted by molar-refractivity contribution is -0.140. The topological polar surface area (TPSA) is 75.6 Å². The summed E-state index contributed by atoms with van der Waals surface area (Å²) in [4.78, 5) is 21.3. The van der Waals surface area contributed by atoms with Gasteiger partial charge in [-0.3, -0.25) is 9.79 Å². The predicted octanol–water partition coefficient (Wildman–Crippen LogP) is 1.42. The van der Waals surface area contributed by atoms with Gasteiger partial charge < -0.3 is 15.4 Å². The first kappa shape index (κ1) is 17.4. The van der Waals surface area contributed by atoms with Crippen molar-refractivity contribution in [3.8, 4) is 0 Å². The van der Waals surface area contributed by atoms with Crippen molar-refractivity contribution in [1.82, 2.24) is 15.6 Å². The lowest BCUT2D eigenvalue weighted by atomic mass is 10.4. The van der Waals surface area contributed by atoms with E-state index in [9.17, 15) is 4.79 Å². The molecule has 0 spiro atoms. The van der Waals surface area contributed by atoms with E-state index in [1.807, 2.05) is 13.8 Å². The van der Waals surface area contributed by atoms with E-state index in [0.29, 0.717) is 25.5 Å². The maximum Gasteiger partial charge on any atom is 0.307 e. The van der Waals surface area contributed by atoms with Crippen molar-refractivity contribution in [2.75, 3.05) is 26.7 Å². The van der Waals surface area contributed by atoms with Gasteiger partial charge in [0.05, 0.1) is 24.2 Å². The Morgan fingerprint density at radius 1 is 1.38 bits per heavy atom. The number of thiazole rings is 1. The number of carbonyl (C=O) groups excluding carboxylic acids is 1. The summed E-state index contributed by atoms with van der Waals surface area (Å²) < 4.78 is 4.60. The highest BCUT2D eigenvalue weighted by molar-refractivity contribution is 7.11. The number of aliphatic imine (C=N–C) groups is 1. The van der Waals surface area contributed by atoms with E-state index in [0.717, 1.165) is 23.7 Å². The van der Waals surface area contributed by atoms with Crippen molar-refractivity contribution in [2.24, 2.45) is 4.99 Å². The molecule has 118 valence electrons. The summed E-state index contributed by atoms with van der Waals surface area (Å²) in [5.74, 6) is 0.485. The van der Waals surface area contributed by atoms with Crippen LogP contribution in [-0.2, 0) is 16.0 Å². The smallest absolute Gasteiger partial charge is 0.307 e. The van der Waals surface area contributed by atoms with E-state index in [2.05, 4.69) is 32.3 Å². The van der Waals surface area contributed by atoms with Gasteiger partial charge in [-0.2, -0.15) is 0 Å². The van der Waals surface area contributed by atoms with Crippen LogP contribution in [0.2, 0.25) is 0 Å². The van der Waals surface area contributed by atoms with Gasteiger partial charge in [0.1, 0.15) is 0 Å². The van der Waals surface area contributed by atoms with Crippen LogP contribution < -0.4 is 10.6 Å². The minimum atomic E-state index is -0.230. The average molecular weight is 312 g/mol. The molecule has 0 amide bonds. The number of rotatable bonds is 7. The third-order valence-electron chi connectivity index (χ3n) is 2.86. The first-order valence-electron chi connectivity index (χ1n) is 7.08. The van der Waals surface area contributed by atoms with Crippen molar-refractivity contribution in [2.45, 2.75) is 33.6 Å². The average Bonchev–Trinajstić information content (AvgIpc) is 2.77. The van der Waals surface area contributed by atoms with E-state index in [1.54, 1.807) is 11.3 Å². The second kappa shape index (κ2) is 9.33. The maximum absolute atomic E-state index is 11.1. The molecule has 0 fully saturated rings. The molecule has 1 aromatic rings. The molecule has 6 nitrogen and oxygen atoms in total. The van der Waals surface area contributed by atoms with E-state index < -0.39 is 0 Å². The van der Waals surface area contributed by atoms with Gasteiger partial charge in [-0.25, -0.2) is 4.98 Å². The highest BCUT2D eigenvalue weighted by Gasteiger charge is 2.04. The second-order valence-electron chi connectivity index (χ2n) is 4.51. The largest absolute Gasteiger partial charge is 0.469 e. The second-order valence-corrected chi connectivity index (χ2v) is 5.80. The lowest BCUT2D eigenvalue weighted by Crippen LogP contribution is -2.38. The van der Waals surface area contributed by atoms with Gasteiger partial charge in [0.2, 0.25) is 0 Å². The Balaban J connectivity index is 2.41. The summed E-state index contributed by atoms with van der Waals surface area (Å²) in [5, 5.41) is 7.37. The van der Waals surface area contributed by atoms with Gasteiger partial charge in [-0.05, 0) is 20.8 Å². The molecule has 0 saturated carbocycles. The number of ether oxygens (including phenoxy) is 1. The predicted molar refractivity (Wildman–Crippen MR) is 85.9 cm³/mol. The van der Waals surface area contributed by atoms with Crippen LogP contribution in [0.1, 0.15) is 28.9 Å². The van der Waals surface area contributed by atoms with E-state index >= 15 is 0 Å². The van der Waals surface area contributed by atoms with Crippen molar-refractivity contribution in [3.05, 3.63) is 15.6 Å². The first-order valence-corrected chi connectivity index (χ1v) is 7.90. The minimum absolute atomic E-state index is 0.230. The fourth-order valence-corrected chi connectivity index (χ4v) is 2.56. The molecule has 1 rings (SSSR count). The highest BCUT2D eigenvalue weighted by Crippen LogP contribution is 2.16. The van der Waals surface area contributed by atoms with Gasteiger partial charge in [-0.15, -0.1) is 11.3 Å². The third kappa shape index (κ3) is 6.57. The molecular weight excluding hydrogens is 288 g/mol. The molecular formula is C14H24N4O2S. The molecule has 7 heteroatoms. The lowest BCUT2D eigenvalue weighted by Gasteiger charge is -2.10. The Hall–Kier alpha value is -1.63. The number of carbonyl (C=O) groups is 1. The highest BCUT2D eigenvalue weighted by atomic mass is 32.1. The fourth-order valence-electron chi connectivity index (χ4n) is 1.64. The molecule has 0 aliphatic rings. The summed E-state index contributed by atoms with van der Waals surface area (Å²) in [7, 11) is 1.39. The molecule has 1 aromatic heterocycles. The van der Waals surface area contributed by atoms with Crippen molar-refractivity contribution in [1.29, 1.82) is 0 Å². The number of hydrogen-bond acceptors (Lipinski definition) is 5. The standard InChI is InChI=1S/C14H24N4O2S/c1-5-15-14(17-9-7-13(19)20-4)16-8-6-12-18-10(2)11(3)21-12/h5-9H2,1-4H3,(H2,15,16,17). The fraction of sp³-hybridized carbons (Fsp3) is 0.643. The van der Waals surface area contributed by atoms with Crippen LogP contribution in [0, 0.1) is 13.8 Å².